The third kappa shape index (κ3) is 3.99. The van der Waals surface area contributed by atoms with Crippen LogP contribution in [0.25, 0.3) is 0 Å². The van der Waals surface area contributed by atoms with E-state index >= 15 is 0 Å². The maximum absolute atomic E-state index is 12.7. The summed E-state index contributed by atoms with van der Waals surface area (Å²) in [6.45, 7) is 6.16. The standard InChI is InChI=1S/C15H22N2O4S2/c1-10-7-13(8-11(2)12(10)3)16-23(19,20)17-5-6-22-9-14(17)15(18)21-4/h7-8,14,16H,5-6,9H2,1-4H3. The lowest BCUT2D eigenvalue weighted by molar-refractivity contribution is -0.144. The summed E-state index contributed by atoms with van der Waals surface area (Å²) in [5.41, 5.74) is 3.67. The van der Waals surface area contributed by atoms with Gasteiger partial charge in [-0.15, -0.1) is 0 Å². The number of carbonyl (C=O) groups is 1. The number of rotatable bonds is 4. The molecule has 0 aromatic heterocycles. The van der Waals surface area contributed by atoms with E-state index in [9.17, 15) is 13.2 Å². The molecule has 128 valence electrons. The average molecular weight is 358 g/mol. The number of nitrogens with one attached hydrogen (secondary N) is 1. The van der Waals surface area contributed by atoms with Crippen molar-refractivity contribution < 1.29 is 17.9 Å². The molecule has 1 saturated heterocycles. The van der Waals surface area contributed by atoms with E-state index < -0.39 is 22.2 Å². The van der Waals surface area contributed by atoms with Crippen LogP contribution in [-0.4, -0.2) is 49.9 Å². The van der Waals surface area contributed by atoms with Crippen molar-refractivity contribution in [2.45, 2.75) is 26.8 Å². The number of esters is 1. The molecule has 0 amide bonds. The zero-order chi connectivity index (χ0) is 17.2. The highest BCUT2D eigenvalue weighted by Crippen LogP contribution is 2.24. The summed E-state index contributed by atoms with van der Waals surface area (Å²) in [5, 5.41) is 0. The molecule has 0 spiro atoms. The first kappa shape index (κ1) is 18.1. The maximum atomic E-state index is 12.7. The van der Waals surface area contributed by atoms with Crippen LogP contribution in [-0.2, 0) is 19.7 Å². The van der Waals surface area contributed by atoms with Crippen LogP contribution in [0.3, 0.4) is 0 Å². The molecule has 1 aliphatic heterocycles. The van der Waals surface area contributed by atoms with Gasteiger partial charge in [0.05, 0.1) is 12.8 Å². The fraction of sp³-hybridized carbons (Fsp3) is 0.533. The molecule has 8 heteroatoms. The predicted octanol–water partition coefficient (Wildman–Crippen LogP) is 1.86. The second-order valence-electron chi connectivity index (χ2n) is 5.57. The van der Waals surface area contributed by atoms with E-state index in [4.69, 9.17) is 4.74 Å². The summed E-state index contributed by atoms with van der Waals surface area (Å²) < 4.78 is 33.9. The van der Waals surface area contributed by atoms with Gasteiger partial charge in [0.2, 0.25) is 0 Å². The Labute approximate surface area is 141 Å². The van der Waals surface area contributed by atoms with Crippen LogP contribution in [0.5, 0.6) is 0 Å². The van der Waals surface area contributed by atoms with Crippen LogP contribution in [0.1, 0.15) is 16.7 Å². The van der Waals surface area contributed by atoms with Gasteiger partial charge in [-0.1, -0.05) is 0 Å². The van der Waals surface area contributed by atoms with E-state index in [0.717, 1.165) is 16.7 Å². The Bertz CT molecular complexity index is 680. The quantitative estimate of drug-likeness (QED) is 0.832. The second-order valence-corrected chi connectivity index (χ2v) is 8.34. The zero-order valence-electron chi connectivity index (χ0n) is 13.8. The van der Waals surface area contributed by atoms with Crippen LogP contribution >= 0.6 is 11.8 Å². The fourth-order valence-electron chi connectivity index (χ4n) is 2.50. The van der Waals surface area contributed by atoms with E-state index in [1.165, 1.54) is 11.4 Å². The lowest BCUT2D eigenvalue weighted by Gasteiger charge is -2.32. The van der Waals surface area contributed by atoms with Gasteiger partial charge in [-0.3, -0.25) is 9.52 Å². The summed E-state index contributed by atoms with van der Waals surface area (Å²) in [6, 6.07) is 2.81. The topological polar surface area (TPSA) is 75.7 Å². The van der Waals surface area contributed by atoms with Crippen LogP contribution < -0.4 is 4.72 Å². The summed E-state index contributed by atoms with van der Waals surface area (Å²) in [6.07, 6.45) is 0. The summed E-state index contributed by atoms with van der Waals surface area (Å²) in [4.78, 5) is 11.9. The number of anilines is 1. The van der Waals surface area contributed by atoms with Crippen LogP contribution in [0, 0.1) is 20.8 Å². The number of hydrogen-bond donors (Lipinski definition) is 1. The van der Waals surface area contributed by atoms with E-state index in [0.29, 0.717) is 17.2 Å². The predicted molar refractivity (Wildman–Crippen MR) is 93.0 cm³/mol. The molecule has 0 saturated carbocycles. The van der Waals surface area contributed by atoms with E-state index in [1.54, 1.807) is 23.9 Å². The van der Waals surface area contributed by atoms with Gasteiger partial charge in [-0.2, -0.15) is 24.5 Å². The van der Waals surface area contributed by atoms with Crippen molar-refractivity contribution in [2.24, 2.45) is 0 Å². The van der Waals surface area contributed by atoms with Crippen molar-refractivity contribution in [1.29, 1.82) is 0 Å². The first-order chi connectivity index (χ1) is 10.8. The van der Waals surface area contributed by atoms with Crippen molar-refractivity contribution in [2.75, 3.05) is 29.9 Å². The van der Waals surface area contributed by atoms with Crippen molar-refractivity contribution in [1.82, 2.24) is 4.31 Å². The molecule has 1 fully saturated rings. The molecule has 1 unspecified atom stereocenters. The number of benzene rings is 1. The minimum absolute atomic E-state index is 0.281. The smallest absolute Gasteiger partial charge is 0.325 e. The van der Waals surface area contributed by atoms with Crippen molar-refractivity contribution in [3.05, 3.63) is 28.8 Å². The summed E-state index contributed by atoms with van der Waals surface area (Å²) >= 11 is 1.55. The van der Waals surface area contributed by atoms with Crippen molar-refractivity contribution in [3.63, 3.8) is 0 Å². The third-order valence-corrected chi connectivity index (χ3v) is 6.61. The molecular weight excluding hydrogens is 336 g/mol. The van der Waals surface area contributed by atoms with Gasteiger partial charge in [0, 0.05) is 18.1 Å². The number of aryl methyl sites for hydroxylation is 2. The molecule has 1 aliphatic rings. The van der Waals surface area contributed by atoms with Gasteiger partial charge in [0.25, 0.3) is 0 Å². The van der Waals surface area contributed by atoms with Gasteiger partial charge < -0.3 is 4.74 Å². The molecule has 1 aromatic rings. The van der Waals surface area contributed by atoms with Gasteiger partial charge in [-0.25, -0.2) is 0 Å². The Morgan fingerprint density at radius 2 is 1.91 bits per heavy atom. The molecule has 1 N–H and O–H groups in total. The van der Waals surface area contributed by atoms with E-state index in [-0.39, 0.29) is 6.54 Å². The highest BCUT2D eigenvalue weighted by atomic mass is 32.2. The first-order valence-electron chi connectivity index (χ1n) is 7.29. The number of carbonyl (C=O) groups excluding carboxylic acids is 1. The Morgan fingerprint density at radius 3 is 2.48 bits per heavy atom. The van der Waals surface area contributed by atoms with Gasteiger partial charge >= 0.3 is 16.2 Å². The van der Waals surface area contributed by atoms with E-state index in [2.05, 4.69) is 4.72 Å². The largest absolute Gasteiger partial charge is 0.468 e. The van der Waals surface area contributed by atoms with Crippen molar-refractivity contribution in [3.8, 4) is 0 Å². The molecule has 1 aromatic carbocycles. The monoisotopic (exact) mass is 358 g/mol. The number of hydrogen-bond acceptors (Lipinski definition) is 5. The Kier molecular flexibility index (Phi) is 5.59. The lowest BCUT2D eigenvalue weighted by atomic mass is 10.0. The normalized spacial score (nSPS) is 19.4. The fourth-order valence-corrected chi connectivity index (χ4v) is 5.10. The van der Waals surface area contributed by atoms with Crippen LogP contribution in [0.2, 0.25) is 0 Å². The second kappa shape index (κ2) is 7.11. The number of nitrogens with zero attached hydrogens (tertiary/aromatic N) is 1. The number of ether oxygens (including phenoxy) is 1. The molecule has 6 nitrogen and oxygen atoms in total. The van der Waals surface area contributed by atoms with E-state index in [1.807, 2.05) is 20.8 Å². The third-order valence-electron chi connectivity index (χ3n) is 4.04. The molecule has 2 rings (SSSR count). The van der Waals surface area contributed by atoms with Gasteiger partial charge in [0.1, 0.15) is 6.04 Å². The van der Waals surface area contributed by atoms with Crippen molar-refractivity contribution >= 4 is 33.6 Å². The highest BCUT2D eigenvalue weighted by molar-refractivity contribution is 7.99. The summed E-state index contributed by atoms with van der Waals surface area (Å²) in [7, 11) is -2.55. The maximum Gasteiger partial charge on any atom is 0.325 e. The highest BCUT2D eigenvalue weighted by Gasteiger charge is 2.38. The van der Waals surface area contributed by atoms with Gasteiger partial charge in [-0.05, 0) is 49.6 Å². The average Bonchev–Trinajstić information content (AvgIpc) is 2.51. The van der Waals surface area contributed by atoms with Gasteiger partial charge in [0.15, 0.2) is 0 Å². The van der Waals surface area contributed by atoms with Crippen LogP contribution in [0.4, 0.5) is 5.69 Å². The molecular formula is C15H22N2O4S2. The first-order valence-corrected chi connectivity index (χ1v) is 9.88. The molecule has 0 aliphatic carbocycles. The minimum Gasteiger partial charge on any atom is -0.468 e. The molecule has 1 heterocycles. The Hall–Kier alpha value is -1.25. The summed E-state index contributed by atoms with van der Waals surface area (Å²) in [5.74, 6) is 0.527. The molecule has 1 atom stereocenters. The zero-order valence-corrected chi connectivity index (χ0v) is 15.4. The molecule has 23 heavy (non-hydrogen) atoms. The molecule has 0 radical (unpaired) electrons. The Morgan fingerprint density at radius 1 is 1.30 bits per heavy atom. The SMILES string of the molecule is COC(=O)C1CSCCN1S(=O)(=O)Nc1cc(C)c(C)c(C)c1. The molecule has 0 bridgehead atoms. The number of thioether (sulfide) groups is 1. The lowest BCUT2D eigenvalue weighted by Crippen LogP contribution is -2.52. The minimum atomic E-state index is -3.82. The Balaban J connectivity index is 2.28. The number of methoxy groups -OCH3 is 1. The van der Waals surface area contributed by atoms with Crippen LogP contribution in [0.15, 0.2) is 12.1 Å².